The average Bonchev–Trinajstić information content (AvgIpc) is 2.40. The molecule has 0 radical (unpaired) electrons. The monoisotopic (exact) mass is 207 g/mol. The summed E-state index contributed by atoms with van der Waals surface area (Å²) in [6.45, 7) is 1.19. The Morgan fingerprint density at radius 1 is 1.43 bits per heavy atom. The molecule has 14 heavy (non-hydrogen) atoms. The SMILES string of the molecule is CCc1cc(CO)c(C(F)(F)F)n1C. The molecule has 1 rings (SSSR count). The van der Waals surface area contributed by atoms with Crippen LogP contribution in [0.2, 0.25) is 0 Å². The minimum absolute atomic E-state index is 0.0585. The Bertz CT molecular complexity index is 328. The number of hydrogen-bond donors (Lipinski definition) is 1. The summed E-state index contributed by atoms with van der Waals surface area (Å²) in [5.74, 6) is 0. The van der Waals surface area contributed by atoms with Gasteiger partial charge in [-0.05, 0) is 12.5 Å². The highest BCUT2D eigenvalue weighted by atomic mass is 19.4. The maximum atomic E-state index is 12.5. The lowest BCUT2D eigenvalue weighted by atomic mass is 10.2. The van der Waals surface area contributed by atoms with Crippen LogP contribution in [0, 0.1) is 0 Å². The van der Waals surface area contributed by atoms with E-state index in [9.17, 15) is 13.2 Å². The molecule has 5 heteroatoms. The zero-order chi connectivity index (χ0) is 10.9. The molecular formula is C9H12F3NO. The second kappa shape index (κ2) is 3.65. The summed E-state index contributed by atoms with van der Waals surface area (Å²) in [4.78, 5) is 0. The molecule has 80 valence electrons. The second-order valence-corrected chi connectivity index (χ2v) is 3.08. The molecule has 1 heterocycles. The average molecular weight is 207 g/mol. The molecule has 0 aliphatic rings. The molecule has 0 atom stereocenters. The van der Waals surface area contributed by atoms with Crippen molar-refractivity contribution >= 4 is 0 Å². The van der Waals surface area contributed by atoms with Crippen LogP contribution < -0.4 is 0 Å². The van der Waals surface area contributed by atoms with E-state index in [2.05, 4.69) is 0 Å². The van der Waals surface area contributed by atoms with Crippen molar-refractivity contribution in [1.82, 2.24) is 4.57 Å². The Morgan fingerprint density at radius 3 is 2.29 bits per heavy atom. The van der Waals surface area contributed by atoms with Crippen LogP contribution in [0.1, 0.15) is 23.9 Å². The van der Waals surface area contributed by atoms with Crippen LogP contribution >= 0.6 is 0 Å². The van der Waals surface area contributed by atoms with Crippen molar-refractivity contribution in [2.45, 2.75) is 26.1 Å². The number of nitrogens with zero attached hydrogens (tertiary/aromatic N) is 1. The van der Waals surface area contributed by atoms with Gasteiger partial charge in [-0.15, -0.1) is 0 Å². The molecule has 0 fully saturated rings. The highest BCUT2D eigenvalue weighted by Crippen LogP contribution is 2.33. The van der Waals surface area contributed by atoms with E-state index in [4.69, 9.17) is 5.11 Å². The first-order chi connectivity index (χ1) is 6.41. The fourth-order valence-electron chi connectivity index (χ4n) is 1.56. The van der Waals surface area contributed by atoms with Crippen LogP contribution in [0.25, 0.3) is 0 Å². The quantitative estimate of drug-likeness (QED) is 0.789. The molecule has 0 bridgehead atoms. The number of aryl methyl sites for hydroxylation is 1. The smallest absolute Gasteiger partial charge is 0.392 e. The first kappa shape index (κ1) is 11.1. The van der Waals surface area contributed by atoms with Gasteiger partial charge in [0.25, 0.3) is 0 Å². The third kappa shape index (κ3) is 1.77. The maximum absolute atomic E-state index is 12.5. The van der Waals surface area contributed by atoms with E-state index in [0.29, 0.717) is 12.1 Å². The topological polar surface area (TPSA) is 25.2 Å². The zero-order valence-corrected chi connectivity index (χ0v) is 8.02. The first-order valence-corrected chi connectivity index (χ1v) is 4.27. The van der Waals surface area contributed by atoms with Crippen LogP contribution in [0.4, 0.5) is 13.2 Å². The fourth-order valence-corrected chi connectivity index (χ4v) is 1.56. The van der Waals surface area contributed by atoms with Crippen LogP contribution in [0.5, 0.6) is 0 Å². The predicted octanol–water partition coefficient (Wildman–Crippen LogP) is 2.10. The van der Waals surface area contributed by atoms with Crippen molar-refractivity contribution in [3.63, 3.8) is 0 Å². The van der Waals surface area contributed by atoms with Crippen molar-refractivity contribution < 1.29 is 18.3 Å². The molecule has 1 aromatic heterocycles. The number of rotatable bonds is 2. The van der Waals surface area contributed by atoms with E-state index in [1.807, 2.05) is 0 Å². The van der Waals surface area contributed by atoms with Gasteiger partial charge < -0.3 is 9.67 Å². The molecule has 1 aromatic rings. The van der Waals surface area contributed by atoms with Gasteiger partial charge in [-0.1, -0.05) is 6.92 Å². The molecular weight excluding hydrogens is 195 g/mol. The molecule has 0 spiro atoms. The molecule has 0 amide bonds. The van der Waals surface area contributed by atoms with Gasteiger partial charge in [0.05, 0.1) is 6.61 Å². The van der Waals surface area contributed by atoms with Crippen molar-refractivity contribution in [1.29, 1.82) is 0 Å². The second-order valence-electron chi connectivity index (χ2n) is 3.08. The highest BCUT2D eigenvalue weighted by Gasteiger charge is 2.37. The fraction of sp³-hybridized carbons (Fsp3) is 0.556. The van der Waals surface area contributed by atoms with Gasteiger partial charge in [-0.2, -0.15) is 13.2 Å². The summed E-state index contributed by atoms with van der Waals surface area (Å²) < 4.78 is 38.6. The largest absolute Gasteiger partial charge is 0.431 e. The number of alkyl halides is 3. The van der Waals surface area contributed by atoms with E-state index in [-0.39, 0.29) is 5.56 Å². The number of aromatic nitrogens is 1. The number of aliphatic hydroxyl groups excluding tert-OH is 1. The van der Waals surface area contributed by atoms with Gasteiger partial charge in [0, 0.05) is 18.3 Å². The first-order valence-electron chi connectivity index (χ1n) is 4.27. The third-order valence-corrected chi connectivity index (χ3v) is 2.21. The summed E-state index contributed by atoms with van der Waals surface area (Å²) in [5.41, 5.74) is -0.241. The predicted molar refractivity (Wildman–Crippen MR) is 45.7 cm³/mol. The van der Waals surface area contributed by atoms with Crippen molar-refractivity contribution in [2.24, 2.45) is 7.05 Å². The summed E-state index contributed by atoms with van der Waals surface area (Å²) in [5, 5.41) is 8.80. The molecule has 0 unspecified atom stereocenters. The normalized spacial score (nSPS) is 12.1. The van der Waals surface area contributed by atoms with Gasteiger partial charge in [0.15, 0.2) is 0 Å². The minimum Gasteiger partial charge on any atom is -0.392 e. The number of halogens is 3. The lowest BCUT2D eigenvalue weighted by molar-refractivity contribution is -0.144. The molecule has 0 saturated carbocycles. The summed E-state index contributed by atoms with van der Waals surface area (Å²) in [6, 6.07) is 1.39. The Hall–Kier alpha value is -0.970. The van der Waals surface area contributed by atoms with Crippen LogP contribution in [0.15, 0.2) is 6.07 Å². The molecule has 0 aliphatic carbocycles. The Balaban J connectivity index is 3.32. The maximum Gasteiger partial charge on any atom is 0.431 e. The van der Waals surface area contributed by atoms with Crippen LogP contribution in [-0.4, -0.2) is 9.67 Å². The van der Waals surface area contributed by atoms with E-state index in [1.165, 1.54) is 13.1 Å². The Morgan fingerprint density at radius 2 is 2.00 bits per heavy atom. The van der Waals surface area contributed by atoms with Crippen molar-refractivity contribution in [3.8, 4) is 0 Å². The number of aliphatic hydroxyl groups is 1. The van der Waals surface area contributed by atoms with Crippen LogP contribution in [0.3, 0.4) is 0 Å². The Kier molecular flexibility index (Phi) is 2.89. The van der Waals surface area contributed by atoms with Gasteiger partial charge in [0.2, 0.25) is 0 Å². The summed E-state index contributed by atoms with van der Waals surface area (Å²) >= 11 is 0. The molecule has 1 N–H and O–H groups in total. The summed E-state index contributed by atoms with van der Waals surface area (Å²) in [7, 11) is 1.36. The third-order valence-electron chi connectivity index (χ3n) is 2.21. The van der Waals surface area contributed by atoms with Gasteiger partial charge in [0.1, 0.15) is 5.69 Å². The van der Waals surface area contributed by atoms with E-state index in [1.54, 1.807) is 6.92 Å². The Labute approximate surface area is 80.0 Å². The number of hydrogen-bond acceptors (Lipinski definition) is 1. The van der Waals surface area contributed by atoms with Crippen LogP contribution in [-0.2, 0) is 26.3 Å². The molecule has 0 aromatic carbocycles. The van der Waals surface area contributed by atoms with Gasteiger partial charge >= 0.3 is 6.18 Å². The van der Waals surface area contributed by atoms with Crippen molar-refractivity contribution in [3.05, 3.63) is 23.0 Å². The lowest BCUT2D eigenvalue weighted by Gasteiger charge is -2.11. The van der Waals surface area contributed by atoms with Crippen molar-refractivity contribution in [2.75, 3.05) is 0 Å². The van der Waals surface area contributed by atoms with Gasteiger partial charge in [-0.3, -0.25) is 0 Å². The lowest BCUT2D eigenvalue weighted by Crippen LogP contribution is -2.14. The highest BCUT2D eigenvalue weighted by molar-refractivity contribution is 5.29. The molecule has 2 nitrogen and oxygen atoms in total. The van der Waals surface area contributed by atoms with E-state index in [0.717, 1.165) is 4.57 Å². The molecule has 0 saturated heterocycles. The van der Waals surface area contributed by atoms with E-state index >= 15 is 0 Å². The standard InChI is InChI=1S/C9H12F3NO/c1-3-7-4-6(5-14)8(13(7)2)9(10,11)12/h4,14H,3,5H2,1-2H3. The molecule has 0 aliphatic heterocycles. The minimum atomic E-state index is -4.40. The van der Waals surface area contributed by atoms with Gasteiger partial charge in [-0.25, -0.2) is 0 Å². The van der Waals surface area contributed by atoms with E-state index < -0.39 is 18.5 Å². The summed E-state index contributed by atoms with van der Waals surface area (Å²) in [6.07, 6.45) is -3.89. The zero-order valence-electron chi connectivity index (χ0n) is 8.02.